The molecule has 1 saturated heterocycles. The van der Waals surface area contributed by atoms with Crippen molar-refractivity contribution in [3.05, 3.63) is 48.6 Å². The molecule has 1 heteroatoms. The normalized spacial score (nSPS) is 27.4. The number of ether oxygens (including phenoxy) is 1. The van der Waals surface area contributed by atoms with Crippen LogP contribution in [0.2, 0.25) is 0 Å². The summed E-state index contributed by atoms with van der Waals surface area (Å²) in [7, 11) is 0. The van der Waals surface area contributed by atoms with E-state index in [-0.39, 0.29) is 12.2 Å². The van der Waals surface area contributed by atoms with Crippen LogP contribution in [-0.2, 0) is 4.74 Å². The lowest BCUT2D eigenvalue weighted by Gasteiger charge is -2.10. The maximum atomic E-state index is 5.78. The largest absolute Gasteiger partial charge is 0.366 e. The Morgan fingerprint density at radius 3 is 2.62 bits per heavy atom. The highest BCUT2D eigenvalue weighted by atomic mass is 16.5. The van der Waals surface area contributed by atoms with Gasteiger partial charge in [-0.25, -0.2) is 0 Å². The molecular formula is C12H14O. The third-order valence-electron chi connectivity index (χ3n) is 2.49. The topological polar surface area (TPSA) is 9.23 Å². The van der Waals surface area contributed by atoms with Crippen LogP contribution < -0.4 is 0 Å². The van der Waals surface area contributed by atoms with Gasteiger partial charge in [-0.1, -0.05) is 36.4 Å². The fraction of sp³-hybridized carbons (Fsp3) is 0.333. The molecule has 2 atom stereocenters. The third-order valence-corrected chi connectivity index (χ3v) is 2.49. The van der Waals surface area contributed by atoms with Gasteiger partial charge in [0.1, 0.15) is 0 Å². The SMILES string of the molecule is C=C[C@H]1CCC(c2ccccc2)O1. The first-order valence-corrected chi connectivity index (χ1v) is 4.73. The van der Waals surface area contributed by atoms with Crippen LogP contribution in [0, 0.1) is 0 Å². The van der Waals surface area contributed by atoms with E-state index in [1.807, 2.05) is 12.1 Å². The molecule has 0 N–H and O–H groups in total. The molecule has 0 aromatic heterocycles. The van der Waals surface area contributed by atoms with Crippen LogP contribution in [0.5, 0.6) is 0 Å². The molecule has 0 aliphatic carbocycles. The molecule has 1 aromatic carbocycles. The molecule has 1 fully saturated rings. The smallest absolute Gasteiger partial charge is 0.0834 e. The Balaban J connectivity index is 2.08. The van der Waals surface area contributed by atoms with Gasteiger partial charge in [0, 0.05) is 0 Å². The summed E-state index contributed by atoms with van der Waals surface area (Å²) in [6, 6.07) is 10.4. The van der Waals surface area contributed by atoms with E-state index in [0.717, 1.165) is 12.8 Å². The number of rotatable bonds is 2. The highest BCUT2D eigenvalue weighted by molar-refractivity contribution is 5.18. The van der Waals surface area contributed by atoms with Gasteiger partial charge in [0.15, 0.2) is 0 Å². The highest BCUT2D eigenvalue weighted by Gasteiger charge is 2.23. The van der Waals surface area contributed by atoms with E-state index < -0.39 is 0 Å². The van der Waals surface area contributed by atoms with E-state index >= 15 is 0 Å². The number of hydrogen-bond donors (Lipinski definition) is 0. The van der Waals surface area contributed by atoms with Crippen molar-refractivity contribution in [1.82, 2.24) is 0 Å². The lowest BCUT2D eigenvalue weighted by atomic mass is 10.1. The minimum Gasteiger partial charge on any atom is -0.366 e. The van der Waals surface area contributed by atoms with Crippen LogP contribution >= 0.6 is 0 Å². The van der Waals surface area contributed by atoms with E-state index in [9.17, 15) is 0 Å². The van der Waals surface area contributed by atoms with Gasteiger partial charge in [-0.2, -0.15) is 0 Å². The Kier molecular flexibility index (Phi) is 2.46. The summed E-state index contributed by atoms with van der Waals surface area (Å²) in [4.78, 5) is 0. The summed E-state index contributed by atoms with van der Waals surface area (Å²) in [5.74, 6) is 0. The first-order chi connectivity index (χ1) is 6.40. The number of benzene rings is 1. The first-order valence-electron chi connectivity index (χ1n) is 4.73. The van der Waals surface area contributed by atoms with E-state index in [4.69, 9.17) is 4.74 Å². The van der Waals surface area contributed by atoms with Crippen LogP contribution in [0.15, 0.2) is 43.0 Å². The lowest BCUT2D eigenvalue weighted by Crippen LogP contribution is -2.01. The summed E-state index contributed by atoms with van der Waals surface area (Å²) in [6.45, 7) is 3.75. The maximum absolute atomic E-state index is 5.78. The minimum absolute atomic E-state index is 0.255. The molecule has 1 aliphatic rings. The lowest BCUT2D eigenvalue weighted by molar-refractivity contribution is 0.0713. The zero-order valence-corrected chi connectivity index (χ0v) is 7.65. The second-order valence-electron chi connectivity index (χ2n) is 3.39. The van der Waals surface area contributed by atoms with E-state index in [1.165, 1.54) is 5.56 Å². The molecule has 1 heterocycles. The van der Waals surface area contributed by atoms with Crippen LogP contribution in [0.25, 0.3) is 0 Å². The van der Waals surface area contributed by atoms with Crippen molar-refractivity contribution in [2.24, 2.45) is 0 Å². The van der Waals surface area contributed by atoms with Gasteiger partial charge in [0.25, 0.3) is 0 Å². The monoisotopic (exact) mass is 174 g/mol. The molecule has 0 saturated carbocycles. The highest BCUT2D eigenvalue weighted by Crippen LogP contribution is 2.32. The van der Waals surface area contributed by atoms with Crippen LogP contribution in [-0.4, -0.2) is 6.10 Å². The van der Waals surface area contributed by atoms with Gasteiger partial charge < -0.3 is 4.74 Å². The summed E-state index contributed by atoms with van der Waals surface area (Å²) in [6.07, 6.45) is 4.64. The third kappa shape index (κ3) is 1.81. The van der Waals surface area contributed by atoms with Crippen LogP contribution in [0.1, 0.15) is 24.5 Å². The summed E-state index contributed by atoms with van der Waals surface area (Å²) in [5, 5.41) is 0. The second-order valence-corrected chi connectivity index (χ2v) is 3.39. The quantitative estimate of drug-likeness (QED) is 0.626. The van der Waals surface area contributed by atoms with Gasteiger partial charge >= 0.3 is 0 Å². The average molecular weight is 174 g/mol. The molecule has 1 aromatic rings. The zero-order chi connectivity index (χ0) is 9.10. The second kappa shape index (κ2) is 3.75. The Morgan fingerprint density at radius 1 is 1.23 bits per heavy atom. The molecule has 13 heavy (non-hydrogen) atoms. The van der Waals surface area contributed by atoms with Gasteiger partial charge in [0.2, 0.25) is 0 Å². The standard InChI is InChI=1S/C12H14O/c1-2-11-8-9-12(13-11)10-6-4-3-5-7-10/h2-7,11-12H,1,8-9H2/t11-,12?/m0/s1. The molecule has 68 valence electrons. The summed E-state index contributed by atoms with van der Waals surface area (Å²) in [5.41, 5.74) is 1.28. The molecule has 0 radical (unpaired) electrons. The van der Waals surface area contributed by atoms with Gasteiger partial charge in [-0.15, -0.1) is 6.58 Å². The predicted octanol–water partition coefficient (Wildman–Crippen LogP) is 3.09. The molecule has 0 amide bonds. The Hall–Kier alpha value is -1.08. The minimum atomic E-state index is 0.255. The molecule has 0 spiro atoms. The van der Waals surface area contributed by atoms with Crippen molar-refractivity contribution in [2.75, 3.05) is 0 Å². The number of hydrogen-bond acceptors (Lipinski definition) is 1. The Bertz CT molecular complexity index is 278. The van der Waals surface area contributed by atoms with Crippen molar-refractivity contribution < 1.29 is 4.74 Å². The molecule has 1 aliphatic heterocycles. The van der Waals surface area contributed by atoms with Crippen LogP contribution in [0.3, 0.4) is 0 Å². The van der Waals surface area contributed by atoms with Crippen molar-refractivity contribution in [2.45, 2.75) is 25.0 Å². The van der Waals surface area contributed by atoms with Crippen molar-refractivity contribution in [3.63, 3.8) is 0 Å². The van der Waals surface area contributed by atoms with Gasteiger partial charge in [-0.3, -0.25) is 0 Å². The van der Waals surface area contributed by atoms with Gasteiger partial charge in [0.05, 0.1) is 12.2 Å². The fourth-order valence-corrected chi connectivity index (χ4v) is 1.75. The zero-order valence-electron chi connectivity index (χ0n) is 7.65. The Morgan fingerprint density at radius 2 is 2.00 bits per heavy atom. The van der Waals surface area contributed by atoms with E-state index in [2.05, 4.69) is 30.8 Å². The Labute approximate surface area is 79.0 Å². The van der Waals surface area contributed by atoms with E-state index in [1.54, 1.807) is 0 Å². The van der Waals surface area contributed by atoms with E-state index in [0.29, 0.717) is 0 Å². The molecule has 0 bridgehead atoms. The van der Waals surface area contributed by atoms with Crippen molar-refractivity contribution in [1.29, 1.82) is 0 Å². The summed E-state index contributed by atoms with van der Waals surface area (Å²) < 4.78 is 5.78. The molecular weight excluding hydrogens is 160 g/mol. The van der Waals surface area contributed by atoms with Gasteiger partial charge in [-0.05, 0) is 18.4 Å². The predicted molar refractivity (Wildman–Crippen MR) is 53.5 cm³/mol. The van der Waals surface area contributed by atoms with Crippen molar-refractivity contribution in [3.8, 4) is 0 Å². The summed E-state index contributed by atoms with van der Waals surface area (Å²) >= 11 is 0. The van der Waals surface area contributed by atoms with Crippen LogP contribution in [0.4, 0.5) is 0 Å². The van der Waals surface area contributed by atoms with Crippen molar-refractivity contribution >= 4 is 0 Å². The maximum Gasteiger partial charge on any atom is 0.0834 e. The molecule has 1 nitrogen and oxygen atoms in total. The molecule has 1 unspecified atom stereocenters. The fourth-order valence-electron chi connectivity index (χ4n) is 1.75. The average Bonchev–Trinajstić information content (AvgIpc) is 2.67. The first kappa shape index (κ1) is 8.52. The molecule has 2 rings (SSSR count).